The average Bonchev–Trinajstić information content (AvgIpc) is 2.79. The van der Waals surface area contributed by atoms with Crippen LogP contribution in [0.15, 0.2) is 60.7 Å². The minimum atomic E-state index is 0.0884. The molecule has 0 bridgehead atoms. The van der Waals surface area contributed by atoms with Gasteiger partial charge in [0.05, 0.1) is 12.6 Å². The predicted molar refractivity (Wildman–Crippen MR) is 123 cm³/mol. The Morgan fingerprint density at radius 1 is 1.13 bits per heavy atom. The Hall–Kier alpha value is -3.47. The first-order chi connectivity index (χ1) is 15.1. The summed E-state index contributed by atoms with van der Waals surface area (Å²) < 4.78 is 5.66. The number of nitrogens with one attached hydrogen (secondary N) is 2. The van der Waals surface area contributed by atoms with E-state index in [-0.39, 0.29) is 23.5 Å². The van der Waals surface area contributed by atoms with E-state index in [0.29, 0.717) is 18.3 Å². The minimum Gasteiger partial charge on any atom is -0.504 e. The first-order valence-electron chi connectivity index (χ1n) is 10.8. The number of hydrogen-bond acceptors (Lipinski definition) is 4. The van der Waals surface area contributed by atoms with Crippen LogP contribution in [0.1, 0.15) is 53.1 Å². The molecule has 5 heteroatoms. The number of fused-ring (bicyclic) bond motifs is 5. The average molecular weight is 414 g/mol. The van der Waals surface area contributed by atoms with Crippen molar-refractivity contribution in [3.05, 3.63) is 88.5 Å². The van der Waals surface area contributed by atoms with Crippen LogP contribution in [0.3, 0.4) is 0 Å². The van der Waals surface area contributed by atoms with E-state index >= 15 is 0 Å². The molecule has 31 heavy (non-hydrogen) atoms. The largest absolute Gasteiger partial charge is 0.504 e. The van der Waals surface area contributed by atoms with Crippen LogP contribution in [0.2, 0.25) is 0 Å². The summed E-state index contributed by atoms with van der Waals surface area (Å²) in [5.41, 5.74) is 12.7. The molecule has 1 aliphatic heterocycles. The first-order valence-corrected chi connectivity index (χ1v) is 10.8. The Morgan fingerprint density at radius 2 is 1.97 bits per heavy atom. The summed E-state index contributed by atoms with van der Waals surface area (Å²) in [4.78, 5) is 0. The summed E-state index contributed by atoms with van der Waals surface area (Å²) in [6, 6.07) is 20.5. The molecule has 3 unspecified atom stereocenters. The van der Waals surface area contributed by atoms with Gasteiger partial charge in [-0.25, -0.2) is 0 Å². The lowest BCUT2D eigenvalue weighted by atomic mass is 9.65. The number of phenols is 1. The maximum atomic E-state index is 10.2. The molecule has 3 aromatic rings. The summed E-state index contributed by atoms with van der Waals surface area (Å²) in [7, 11) is 0. The fourth-order valence-corrected chi connectivity index (χ4v) is 5.26. The summed E-state index contributed by atoms with van der Waals surface area (Å²) in [5, 5.41) is 21.8. The van der Waals surface area contributed by atoms with Gasteiger partial charge in [0.15, 0.2) is 11.5 Å². The Bertz CT molecular complexity index is 1160. The molecule has 5 nitrogen and oxygen atoms in total. The molecule has 1 heterocycles. The van der Waals surface area contributed by atoms with Crippen molar-refractivity contribution in [1.82, 2.24) is 0 Å². The molecule has 0 radical (unpaired) electrons. The SMILES string of the molecule is CCOc1cc(C2Nc3ccc(C(=N)N)cc3C3c4ccccc4CCC23)ccc1O. The molecule has 2 aliphatic rings. The van der Waals surface area contributed by atoms with Crippen LogP contribution < -0.4 is 15.8 Å². The van der Waals surface area contributed by atoms with E-state index in [1.54, 1.807) is 6.07 Å². The van der Waals surface area contributed by atoms with Crippen molar-refractivity contribution in [3.8, 4) is 11.5 Å². The van der Waals surface area contributed by atoms with Gasteiger partial charge in [-0.15, -0.1) is 0 Å². The third-order valence-corrected chi connectivity index (χ3v) is 6.64. The van der Waals surface area contributed by atoms with Gasteiger partial charge in [0, 0.05) is 17.2 Å². The Kier molecular flexibility index (Phi) is 4.81. The summed E-state index contributed by atoms with van der Waals surface area (Å²) in [5.74, 6) is 1.33. The van der Waals surface area contributed by atoms with Crippen LogP contribution in [0.5, 0.6) is 11.5 Å². The number of benzene rings is 3. The minimum absolute atomic E-state index is 0.0884. The van der Waals surface area contributed by atoms with Gasteiger partial charge in [-0.1, -0.05) is 30.3 Å². The normalized spacial score (nSPS) is 21.3. The highest BCUT2D eigenvalue weighted by atomic mass is 16.5. The smallest absolute Gasteiger partial charge is 0.161 e. The number of aryl methyl sites for hydroxylation is 1. The topological polar surface area (TPSA) is 91.4 Å². The maximum Gasteiger partial charge on any atom is 0.161 e. The molecular formula is C26H27N3O2. The van der Waals surface area contributed by atoms with Gasteiger partial charge in [-0.2, -0.15) is 0 Å². The third kappa shape index (κ3) is 3.30. The zero-order valence-corrected chi connectivity index (χ0v) is 17.6. The van der Waals surface area contributed by atoms with Crippen molar-refractivity contribution in [2.45, 2.75) is 31.7 Å². The number of amidine groups is 1. The fourth-order valence-electron chi connectivity index (χ4n) is 5.26. The van der Waals surface area contributed by atoms with Gasteiger partial charge in [-0.3, -0.25) is 5.41 Å². The van der Waals surface area contributed by atoms with Crippen molar-refractivity contribution >= 4 is 11.5 Å². The molecule has 0 saturated carbocycles. The molecule has 158 valence electrons. The zero-order chi connectivity index (χ0) is 21.5. The quantitative estimate of drug-likeness (QED) is 0.360. The lowest BCUT2D eigenvalue weighted by Crippen LogP contribution is -2.35. The molecule has 0 fully saturated rings. The van der Waals surface area contributed by atoms with Crippen LogP contribution in [0, 0.1) is 11.3 Å². The number of nitrogens with two attached hydrogens (primary N) is 1. The summed E-state index contributed by atoms with van der Waals surface area (Å²) in [6.45, 7) is 2.42. The Labute approximate surface area is 182 Å². The number of rotatable bonds is 4. The van der Waals surface area contributed by atoms with Gasteiger partial charge in [0.25, 0.3) is 0 Å². The highest BCUT2D eigenvalue weighted by Gasteiger charge is 2.41. The van der Waals surface area contributed by atoms with Gasteiger partial charge < -0.3 is 20.9 Å². The summed E-state index contributed by atoms with van der Waals surface area (Å²) >= 11 is 0. The van der Waals surface area contributed by atoms with Crippen LogP contribution in [0.4, 0.5) is 5.69 Å². The van der Waals surface area contributed by atoms with Crippen molar-refractivity contribution in [2.24, 2.45) is 11.7 Å². The number of phenolic OH excluding ortho intramolecular Hbond substituents is 1. The number of hydrogen-bond donors (Lipinski definition) is 4. The molecule has 0 spiro atoms. The second-order valence-corrected chi connectivity index (χ2v) is 8.38. The van der Waals surface area contributed by atoms with Gasteiger partial charge >= 0.3 is 0 Å². The highest BCUT2D eigenvalue weighted by Crippen LogP contribution is 2.53. The fraction of sp³-hybridized carbons (Fsp3) is 0.269. The van der Waals surface area contributed by atoms with Crippen LogP contribution >= 0.6 is 0 Å². The lowest BCUT2D eigenvalue weighted by Gasteiger charge is -2.45. The zero-order valence-electron chi connectivity index (χ0n) is 17.6. The first kappa shape index (κ1) is 19.5. The Balaban J connectivity index is 1.66. The monoisotopic (exact) mass is 413 g/mol. The molecule has 3 atom stereocenters. The van der Waals surface area contributed by atoms with E-state index in [4.69, 9.17) is 15.9 Å². The van der Waals surface area contributed by atoms with E-state index in [0.717, 1.165) is 29.7 Å². The molecular weight excluding hydrogens is 386 g/mol. The molecule has 0 aromatic heterocycles. The molecule has 0 saturated heterocycles. The molecule has 0 amide bonds. The van der Waals surface area contributed by atoms with Crippen molar-refractivity contribution in [3.63, 3.8) is 0 Å². The number of anilines is 1. The van der Waals surface area contributed by atoms with Crippen molar-refractivity contribution in [1.29, 1.82) is 5.41 Å². The Morgan fingerprint density at radius 3 is 2.77 bits per heavy atom. The van der Waals surface area contributed by atoms with E-state index < -0.39 is 0 Å². The maximum absolute atomic E-state index is 10.2. The van der Waals surface area contributed by atoms with Gasteiger partial charge in [-0.05, 0) is 78.3 Å². The number of aromatic hydroxyl groups is 1. The van der Waals surface area contributed by atoms with Crippen LogP contribution in [-0.4, -0.2) is 17.5 Å². The standard InChI is InChI=1S/C26H27N3O2/c1-2-31-23-14-16(9-12-22(23)30)25-19-10-7-15-5-3-4-6-18(15)24(19)20-13-17(26(27)28)8-11-21(20)29-25/h3-6,8-9,11-14,19,24-25,29-30H,2,7,10H2,1H3,(H3,27,28). The van der Waals surface area contributed by atoms with Gasteiger partial charge in [0.1, 0.15) is 5.84 Å². The highest BCUT2D eigenvalue weighted by molar-refractivity contribution is 5.95. The summed E-state index contributed by atoms with van der Waals surface area (Å²) in [6.07, 6.45) is 2.08. The van der Waals surface area contributed by atoms with Crippen LogP contribution in [-0.2, 0) is 6.42 Å². The second kappa shape index (κ2) is 7.65. The van der Waals surface area contributed by atoms with Crippen molar-refractivity contribution in [2.75, 3.05) is 11.9 Å². The molecule has 5 rings (SSSR count). The third-order valence-electron chi connectivity index (χ3n) is 6.64. The predicted octanol–water partition coefficient (Wildman–Crippen LogP) is 4.94. The molecule has 3 aromatic carbocycles. The second-order valence-electron chi connectivity index (χ2n) is 8.38. The number of ether oxygens (including phenoxy) is 1. The van der Waals surface area contributed by atoms with E-state index in [2.05, 4.69) is 35.6 Å². The van der Waals surface area contributed by atoms with E-state index in [1.807, 2.05) is 31.2 Å². The van der Waals surface area contributed by atoms with Crippen LogP contribution in [0.25, 0.3) is 0 Å². The number of nitrogen functional groups attached to an aromatic ring is 1. The van der Waals surface area contributed by atoms with Crippen molar-refractivity contribution < 1.29 is 9.84 Å². The molecule has 1 aliphatic carbocycles. The van der Waals surface area contributed by atoms with E-state index in [1.165, 1.54) is 16.7 Å². The molecule has 5 N–H and O–H groups in total. The lowest BCUT2D eigenvalue weighted by molar-refractivity contribution is 0.314. The van der Waals surface area contributed by atoms with E-state index in [9.17, 15) is 5.11 Å². The van der Waals surface area contributed by atoms with Gasteiger partial charge in [0.2, 0.25) is 0 Å².